The lowest BCUT2D eigenvalue weighted by atomic mass is 10.2. The minimum Gasteiger partial charge on any atom is -0.374 e. The normalized spacial score (nSPS) is 20.8. The lowest BCUT2D eigenvalue weighted by Crippen LogP contribution is -2.46. The van der Waals surface area contributed by atoms with E-state index >= 15 is 0 Å². The Labute approximate surface area is 106 Å². The van der Waals surface area contributed by atoms with Crippen molar-refractivity contribution in [1.29, 1.82) is 0 Å². The zero-order valence-electron chi connectivity index (χ0n) is 10.6. The van der Waals surface area contributed by atoms with Crippen molar-refractivity contribution < 1.29 is 9.53 Å². The number of aryl methyl sites for hydroxylation is 1. The summed E-state index contributed by atoms with van der Waals surface area (Å²) >= 11 is 0. The largest absolute Gasteiger partial charge is 0.374 e. The van der Waals surface area contributed by atoms with Gasteiger partial charge in [-0.15, -0.1) is 5.10 Å². The van der Waals surface area contributed by atoms with Crippen LogP contribution < -0.4 is 5.32 Å². The molecule has 0 aromatic carbocycles. The second-order valence-electron chi connectivity index (χ2n) is 4.48. The summed E-state index contributed by atoms with van der Waals surface area (Å²) in [6, 6.07) is 0. The lowest BCUT2D eigenvalue weighted by Gasteiger charge is -2.30. The lowest BCUT2D eigenvalue weighted by molar-refractivity contribution is -0.122. The smallest absolute Gasteiger partial charge is 0.221 e. The first kappa shape index (κ1) is 13.0. The van der Waals surface area contributed by atoms with Crippen LogP contribution in [-0.2, 0) is 16.1 Å². The summed E-state index contributed by atoms with van der Waals surface area (Å²) in [6.07, 6.45) is 3.85. The fraction of sp³-hybridized carbons (Fsp3) is 0.727. The number of carbonyl (C=O) groups excluding carboxylic acids is 1. The third-order valence-electron chi connectivity index (χ3n) is 2.91. The zero-order valence-corrected chi connectivity index (χ0v) is 10.6. The van der Waals surface area contributed by atoms with E-state index in [9.17, 15) is 4.79 Å². The molecule has 1 aromatic rings. The van der Waals surface area contributed by atoms with Gasteiger partial charge in [0.05, 0.1) is 25.5 Å². The molecule has 0 bridgehead atoms. The summed E-state index contributed by atoms with van der Waals surface area (Å²) in [6.45, 7) is 3.67. The SMILES string of the molecule is CN1CCOC(CNC(=O)CCn2ccnn2)C1. The van der Waals surface area contributed by atoms with Crippen LogP contribution in [0.15, 0.2) is 12.4 Å². The van der Waals surface area contributed by atoms with E-state index in [-0.39, 0.29) is 12.0 Å². The number of amides is 1. The van der Waals surface area contributed by atoms with Gasteiger partial charge < -0.3 is 15.0 Å². The molecule has 2 heterocycles. The quantitative estimate of drug-likeness (QED) is 0.737. The second-order valence-corrected chi connectivity index (χ2v) is 4.48. The highest BCUT2D eigenvalue weighted by molar-refractivity contribution is 5.75. The predicted molar refractivity (Wildman–Crippen MR) is 64.9 cm³/mol. The van der Waals surface area contributed by atoms with E-state index in [1.165, 1.54) is 0 Å². The van der Waals surface area contributed by atoms with E-state index in [0.29, 0.717) is 19.5 Å². The molecular formula is C11H19N5O2. The molecule has 0 saturated carbocycles. The molecule has 0 radical (unpaired) electrons. The van der Waals surface area contributed by atoms with E-state index in [2.05, 4.69) is 27.6 Å². The minimum atomic E-state index is 0.0160. The van der Waals surface area contributed by atoms with Gasteiger partial charge in [-0.25, -0.2) is 0 Å². The Bertz CT molecular complexity index is 368. The van der Waals surface area contributed by atoms with Crippen molar-refractivity contribution in [3.8, 4) is 0 Å². The van der Waals surface area contributed by atoms with Crippen LogP contribution in [0.1, 0.15) is 6.42 Å². The first-order chi connectivity index (χ1) is 8.74. The topological polar surface area (TPSA) is 72.3 Å². The first-order valence-corrected chi connectivity index (χ1v) is 6.15. The summed E-state index contributed by atoms with van der Waals surface area (Å²) in [5.74, 6) is 0.0160. The van der Waals surface area contributed by atoms with Crippen molar-refractivity contribution in [1.82, 2.24) is 25.2 Å². The molecule has 1 amide bonds. The molecular weight excluding hydrogens is 234 g/mol. The van der Waals surface area contributed by atoms with Crippen LogP contribution in [0, 0.1) is 0 Å². The highest BCUT2D eigenvalue weighted by Crippen LogP contribution is 2.01. The molecule has 18 heavy (non-hydrogen) atoms. The van der Waals surface area contributed by atoms with Gasteiger partial charge in [-0.1, -0.05) is 5.21 Å². The number of likely N-dealkylation sites (N-methyl/N-ethyl adjacent to an activating group) is 1. The van der Waals surface area contributed by atoms with Crippen molar-refractivity contribution in [3.63, 3.8) is 0 Å². The Balaban J connectivity index is 1.62. The van der Waals surface area contributed by atoms with E-state index in [1.54, 1.807) is 17.1 Å². The van der Waals surface area contributed by atoms with Gasteiger partial charge in [-0.3, -0.25) is 9.48 Å². The standard InChI is InChI=1S/C11H19N5O2/c1-15-6-7-18-10(9-15)8-12-11(17)2-4-16-5-3-13-14-16/h3,5,10H,2,4,6-9H2,1H3,(H,12,17). The maximum absolute atomic E-state index is 11.6. The van der Waals surface area contributed by atoms with Crippen LogP contribution in [-0.4, -0.2) is 65.2 Å². The third kappa shape index (κ3) is 4.08. The van der Waals surface area contributed by atoms with E-state index in [1.807, 2.05) is 0 Å². The number of morpholine rings is 1. The fourth-order valence-corrected chi connectivity index (χ4v) is 1.87. The molecule has 100 valence electrons. The van der Waals surface area contributed by atoms with Crippen LogP contribution in [0.3, 0.4) is 0 Å². The van der Waals surface area contributed by atoms with Crippen LogP contribution in [0.4, 0.5) is 0 Å². The highest BCUT2D eigenvalue weighted by Gasteiger charge is 2.17. The Hall–Kier alpha value is -1.47. The third-order valence-corrected chi connectivity index (χ3v) is 2.91. The summed E-state index contributed by atoms with van der Waals surface area (Å²) in [5.41, 5.74) is 0. The maximum atomic E-state index is 11.6. The summed E-state index contributed by atoms with van der Waals surface area (Å²) in [5, 5.41) is 10.4. The Morgan fingerprint density at radius 3 is 3.22 bits per heavy atom. The number of ether oxygens (including phenoxy) is 1. The van der Waals surface area contributed by atoms with Crippen LogP contribution >= 0.6 is 0 Å². The molecule has 7 nitrogen and oxygen atoms in total. The van der Waals surface area contributed by atoms with Gasteiger partial charge >= 0.3 is 0 Å². The highest BCUT2D eigenvalue weighted by atomic mass is 16.5. The molecule has 1 N–H and O–H groups in total. The number of hydrogen-bond acceptors (Lipinski definition) is 5. The second kappa shape index (κ2) is 6.46. The maximum Gasteiger partial charge on any atom is 0.221 e. The van der Waals surface area contributed by atoms with Crippen molar-refractivity contribution in [2.45, 2.75) is 19.1 Å². The van der Waals surface area contributed by atoms with E-state index < -0.39 is 0 Å². The van der Waals surface area contributed by atoms with E-state index in [4.69, 9.17) is 4.74 Å². The van der Waals surface area contributed by atoms with Crippen molar-refractivity contribution in [3.05, 3.63) is 12.4 Å². The number of carbonyl (C=O) groups is 1. The van der Waals surface area contributed by atoms with Gasteiger partial charge in [0.2, 0.25) is 5.91 Å². The molecule has 1 saturated heterocycles. The van der Waals surface area contributed by atoms with Crippen LogP contribution in [0.25, 0.3) is 0 Å². The fourth-order valence-electron chi connectivity index (χ4n) is 1.87. The molecule has 0 spiro atoms. The summed E-state index contributed by atoms with van der Waals surface area (Å²) in [4.78, 5) is 13.8. The van der Waals surface area contributed by atoms with Gasteiger partial charge in [0.1, 0.15) is 0 Å². The van der Waals surface area contributed by atoms with Gasteiger partial charge in [0.25, 0.3) is 0 Å². The van der Waals surface area contributed by atoms with Crippen molar-refractivity contribution >= 4 is 5.91 Å². The average Bonchev–Trinajstić information content (AvgIpc) is 2.87. The van der Waals surface area contributed by atoms with Gasteiger partial charge in [0, 0.05) is 32.3 Å². The molecule has 7 heteroatoms. The molecule has 1 aliphatic rings. The van der Waals surface area contributed by atoms with Gasteiger partial charge in [-0.05, 0) is 7.05 Å². The molecule has 2 rings (SSSR count). The molecule has 1 aliphatic heterocycles. The Morgan fingerprint density at radius 1 is 1.61 bits per heavy atom. The Kier molecular flexibility index (Phi) is 4.66. The van der Waals surface area contributed by atoms with Crippen LogP contribution in [0.5, 0.6) is 0 Å². The predicted octanol–water partition coefficient (Wildman–Crippen LogP) is -0.885. The van der Waals surface area contributed by atoms with Crippen molar-refractivity contribution in [2.75, 3.05) is 33.3 Å². The minimum absolute atomic E-state index is 0.0160. The molecule has 1 unspecified atom stereocenters. The number of nitrogens with one attached hydrogen (secondary N) is 1. The van der Waals surface area contributed by atoms with Crippen molar-refractivity contribution in [2.24, 2.45) is 0 Å². The first-order valence-electron chi connectivity index (χ1n) is 6.15. The number of rotatable bonds is 5. The molecule has 1 atom stereocenters. The number of nitrogens with zero attached hydrogens (tertiary/aromatic N) is 4. The van der Waals surface area contributed by atoms with Crippen LogP contribution in [0.2, 0.25) is 0 Å². The number of aromatic nitrogens is 3. The average molecular weight is 253 g/mol. The Morgan fingerprint density at radius 2 is 2.50 bits per heavy atom. The molecule has 1 fully saturated rings. The summed E-state index contributed by atoms with van der Waals surface area (Å²) < 4.78 is 7.21. The molecule has 1 aromatic heterocycles. The number of hydrogen-bond donors (Lipinski definition) is 1. The molecule has 0 aliphatic carbocycles. The summed E-state index contributed by atoms with van der Waals surface area (Å²) in [7, 11) is 2.06. The van der Waals surface area contributed by atoms with Gasteiger partial charge in [0.15, 0.2) is 0 Å². The van der Waals surface area contributed by atoms with E-state index in [0.717, 1.165) is 19.7 Å². The monoisotopic (exact) mass is 253 g/mol. The van der Waals surface area contributed by atoms with Gasteiger partial charge in [-0.2, -0.15) is 0 Å². The zero-order chi connectivity index (χ0) is 12.8.